The lowest BCUT2D eigenvalue weighted by Crippen LogP contribution is -2.14. The van der Waals surface area contributed by atoms with Crippen LogP contribution in [0.2, 0.25) is 0 Å². The number of hydrogen-bond donors (Lipinski definition) is 1. The normalized spacial score (nSPS) is 10.7. The van der Waals surface area contributed by atoms with E-state index in [1.807, 2.05) is 0 Å². The minimum absolute atomic E-state index is 0.0126. The highest BCUT2D eigenvalue weighted by atomic mass is 79.9. The van der Waals surface area contributed by atoms with Gasteiger partial charge in [0.05, 0.1) is 23.4 Å². The molecule has 0 aromatic carbocycles. The number of rotatable bonds is 4. The van der Waals surface area contributed by atoms with E-state index in [0.717, 1.165) is 6.20 Å². The predicted molar refractivity (Wildman–Crippen MR) is 60.7 cm³/mol. The number of pyridine rings is 1. The van der Waals surface area contributed by atoms with Gasteiger partial charge in [0.2, 0.25) is 0 Å². The summed E-state index contributed by atoms with van der Waals surface area (Å²) in [6.07, 6.45) is -1.73. The van der Waals surface area contributed by atoms with Gasteiger partial charge in [0.1, 0.15) is 0 Å². The predicted octanol–water partition coefficient (Wildman–Crippen LogP) is 2.42. The van der Waals surface area contributed by atoms with E-state index in [1.165, 1.54) is 0 Å². The first-order valence-corrected chi connectivity index (χ1v) is 5.64. The van der Waals surface area contributed by atoms with Gasteiger partial charge in [0.15, 0.2) is 0 Å². The molecule has 0 saturated carbocycles. The Bertz CT molecular complexity index is 427. The molecule has 0 spiro atoms. The molecule has 0 fully saturated rings. The van der Waals surface area contributed by atoms with E-state index in [4.69, 9.17) is 10.5 Å². The van der Waals surface area contributed by atoms with E-state index < -0.39 is 12.4 Å². The summed E-state index contributed by atoms with van der Waals surface area (Å²) in [5.41, 5.74) is 5.23. The van der Waals surface area contributed by atoms with E-state index in [9.17, 15) is 13.6 Å². The molecule has 0 bridgehead atoms. The van der Waals surface area contributed by atoms with Crippen LogP contribution in [0.5, 0.6) is 0 Å². The standard InChI is InChI=1S/C10H11BrF2N2O2/c1-2-17-10(16)7-6(3-14)15-4-5(8(7)11)9(12)13/h4,9H,2-3,14H2,1H3. The highest BCUT2D eigenvalue weighted by Crippen LogP contribution is 2.31. The number of halogens is 3. The summed E-state index contributed by atoms with van der Waals surface area (Å²) in [6.45, 7) is 1.74. The molecule has 4 nitrogen and oxygen atoms in total. The Balaban J connectivity index is 3.32. The van der Waals surface area contributed by atoms with Crippen molar-refractivity contribution < 1.29 is 18.3 Å². The molecular formula is C10H11BrF2N2O2. The molecule has 2 N–H and O–H groups in total. The van der Waals surface area contributed by atoms with Gasteiger partial charge in [-0.15, -0.1) is 0 Å². The van der Waals surface area contributed by atoms with Crippen molar-refractivity contribution in [3.8, 4) is 0 Å². The second-order valence-corrected chi connectivity index (χ2v) is 3.87. The van der Waals surface area contributed by atoms with E-state index in [1.54, 1.807) is 6.92 Å². The van der Waals surface area contributed by atoms with Gasteiger partial charge in [-0.05, 0) is 22.9 Å². The molecule has 0 saturated heterocycles. The quantitative estimate of drug-likeness (QED) is 0.868. The summed E-state index contributed by atoms with van der Waals surface area (Å²) in [7, 11) is 0. The van der Waals surface area contributed by atoms with E-state index in [0.29, 0.717) is 0 Å². The number of ether oxygens (including phenoxy) is 1. The highest BCUT2D eigenvalue weighted by Gasteiger charge is 2.23. The molecule has 0 unspecified atom stereocenters. The molecular weight excluding hydrogens is 298 g/mol. The van der Waals surface area contributed by atoms with Crippen LogP contribution in [0.25, 0.3) is 0 Å². The lowest BCUT2D eigenvalue weighted by Gasteiger charge is -2.11. The molecule has 1 heterocycles. The van der Waals surface area contributed by atoms with E-state index in [2.05, 4.69) is 20.9 Å². The third kappa shape index (κ3) is 2.98. The summed E-state index contributed by atoms with van der Waals surface area (Å²) in [6, 6.07) is 0. The molecule has 0 aliphatic rings. The van der Waals surface area contributed by atoms with E-state index >= 15 is 0 Å². The van der Waals surface area contributed by atoms with Crippen molar-refractivity contribution in [2.45, 2.75) is 19.9 Å². The van der Waals surface area contributed by atoms with Gasteiger partial charge in [-0.3, -0.25) is 4.98 Å². The lowest BCUT2D eigenvalue weighted by molar-refractivity contribution is 0.0522. The third-order valence-electron chi connectivity index (χ3n) is 2.03. The molecule has 0 amide bonds. The zero-order valence-electron chi connectivity index (χ0n) is 9.04. The number of esters is 1. The average molecular weight is 309 g/mol. The van der Waals surface area contributed by atoms with Crippen LogP contribution in [-0.2, 0) is 11.3 Å². The van der Waals surface area contributed by atoms with Crippen LogP contribution in [0.15, 0.2) is 10.7 Å². The van der Waals surface area contributed by atoms with Gasteiger partial charge in [-0.2, -0.15) is 0 Å². The number of carbonyl (C=O) groups excluding carboxylic acids is 1. The average Bonchev–Trinajstić information content (AvgIpc) is 2.27. The number of hydrogen-bond acceptors (Lipinski definition) is 4. The van der Waals surface area contributed by atoms with Crippen LogP contribution in [0.4, 0.5) is 8.78 Å². The SMILES string of the molecule is CCOC(=O)c1c(CN)ncc(C(F)F)c1Br. The Morgan fingerprint density at radius 2 is 2.29 bits per heavy atom. The maximum atomic E-state index is 12.6. The second kappa shape index (κ2) is 6.02. The zero-order chi connectivity index (χ0) is 13.0. The maximum Gasteiger partial charge on any atom is 0.341 e. The Labute approximate surface area is 105 Å². The molecule has 17 heavy (non-hydrogen) atoms. The van der Waals surface area contributed by atoms with Gasteiger partial charge in [0.25, 0.3) is 6.43 Å². The Morgan fingerprint density at radius 3 is 2.76 bits per heavy atom. The first kappa shape index (κ1) is 14.0. The van der Waals surface area contributed by atoms with Crippen LogP contribution in [-0.4, -0.2) is 17.6 Å². The second-order valence-electron chi connectivity index (χ2n) is 3.07. The van der Waals surface area contributed by atoms with Crippen molar-refractivity contribution >= 4 is 21.9 Å². The maximum absolute atomic E-state index is 12.6. The van der Waals surface area contributed by atoms with Crippen molar-refractivity contribution in [3.63, 3.8) is 0 Å². The van der Waals surface area contributed by atoms with Gasteiger partial charge >= 0.3 is 5.97 Å². The Morgan fingerprint density at radius 1 is 1.65 bits per heavy atom. The molecule has 1 aromatic heterocycles. The molecule has 1 rings (SSSR count). The number of alkyl halides is 2. The number of nitrogens with zero attached hydrogens (tertiary/aromatic N) is 1. The molecule has 0 atom stereocenters. The Kier molecular flexibility index (Phi) is 4.95. The van der Waals surface area contributed by atoms with Crippen molar-refractivity contribution in [2.24, 2.45) is 5.73 Å². The molecule has 0 aliphatic carbocycles. The minimum atomic E-state index is -2.73. The van der Waals surface area contributed by atoms with Gasteiger partial charge < -0.3 is 10.5 Å². The molecule has 7 heteroatoms. The summed E-state index contributed by atoms with van der Waals surface area (Å²) in [5.74, 6) is -0.713. The zero-order valence-corrected chi connectivity index (χ0v) is 10.6. The summed E-state index contributed by atoms with van der Waals surface area (Å²) < 4.78 is 30.0. The molecule has 0 radical (unpaired) electrons. The van der Waals surface area contributed by atoms with Gasteiger partial charge in [-0.25, -0.2) is 13.6 Å². The fraction of sp³-hybridized carbons (Fsp3) is 0.400. The number of carbonyl (C=O) groups is 1. The van der Waals surface area contributed by atoms with Crippen LogP contribution in [0.3, 0.4) is 0 Å². The van der Waals surface area contributed by atoms with Crippen molar-refractivity contribution in [1.82, 2.24) is 4.98 Å². The van der Waals surface area contributed by atoms with Gasteiger partial charge in [-0.1, -0.05) is 0 Å². The van der Waals surface area contributed by atoms with Crippen molar-refractivity contribution in [3.05, 3.63) is 27.5 Å². The van der Waals surface area contributed by atoms with Crippen molar-refractivity contribution in [2.75, 3.05) is 6.61 Å². The summed E-state index contributed by atoms with van der Waals surface area (Å²) in [4.78, 5) is 15.4. The molecule has 1 aromatic rings. The monoisotopic (exact) mass is 308 g/mol. The largest absolute Gasteiger partial charge is 0.462 e. The minimum Gasteiger partial charge on any atom is -0.462 e. The lowest BCUT2D eigenvalue weighted by atomic mass is 10.1. The highest BCUT2D eigenvalue weighted by molar-refractivity contribution is 9.10. The van der Waals surface area contributed by atoms with Gasteiger partial charge in [0, 0.05) is 17.2 Å². The Hall–Kier alpha value is -1.08. The first-order valence-electron chi connectivity index (χ1n) is 4.85. The molecule has 94 valence electrons. The third-order valence-corrected chi connectivity index (χ3v) is 2.88. The number of nitrogens with two attached hydrogens (primary N) is 1. The fourth-order valence-corrected chi connectivity index (χ4v) is 1.92. The van der Waals surface area contributed by atoms with Crippen LogP contribution in [0, 0.1) is 0 Å². The topological polar surface area (TPSA) is 65.2 Å². The van der Waals surface area contributed by atoms with Crippen molar-refractivity contribution in [1.29, 1.82) is 0 Å². The van der Waals surface area contributed by atoms with Crippen LogP contribution in [0.1, 0.15) is 35.0 Å². The molecule has 0 aliphatic heterocycles. The smallest absolute Gasteiger partial charge is 0.341 e. The fourth-order valence-electron chi connectivity index (χ4n) is 1.26. The first-order chi connectivity index (χ1) is 8.02. The van der Waals surface area contributed by atoms with Crippen LogP contribution >= 0.6 is 15.9 Å². The number of aromatic nitrogens is 1. The van der Waals surface area contributed by atoms with Crippen LogP contribution < -0.4 is 5.73 Å². The summed E-state index contributed by atoms with van der Waals surface area (Å²) in [5, 5.41) is 0. The van der Waals surface area contributed by atoms with E-state index in [-0.39, 0.29) is 34.4 Å². The summed E-state index contributed by atoms with van der Waals surface area (Å²) >= 11 is 2.97.